The van der Waals surface area contributed by atoms with Crippen LogP contribution in [-0.2, 0) is 12.6 Å². The minimum atomic E-state index is -4.64. The van der Waals surface area contributed by atoms with Crippen LogP contribution < -0.4 is 0 Å². The third kappa shape index (κ3) is 4.04. The van der Waals surface area contributed by atoms with Crippen LogP contribution in [0, 0.1) is 0 Å². The molecule has 0 fully saturated rings. The molecule has 0 saturated carbocycles. The first-order valence-corrected chi connectivity index (χ1v) is 11.4. The van der Waals surface area contributed by atoms with Crippen LogP contribution in [0.4, 0.5) is 13.2 Å². The van der Waals surface area contributed by atoms with E-state index in [9.17, 15) is 27.6 Å². The molecule has 1 aliphatic rings. The molecule has 0 unspecified atom stereocenters. The third-order valence-corrected chi connectivity index (χ3v) is 6.57. The molecule has 3 aromatic carbocycles. The van der Waals surface area contributed by atoms with Crippen molar-refractivity contribution in [3.8, 4) is 0 Å². The summed E-state index contributed by atoms with van der Waals surface area (Å²) in [6, 6.07) is 13.2. The fourth-order valence-electron chi connectivity index (χ4n) is 4.13. The van der Waals surface area contributed by atoms with Crippen molar-refractivity contribution in [3.05, 3.63) is 98.8 Å². The van der Waals surface area contributed by atoms with Gasteiger partial charge in [0.1, 0.15) is 5.82 Å². The van der Waals surface area contributed by atoms with Gasteiger partial charge in [-0.1, -0.05) is 41.4 Å². The Labute approximate surface area is 211 Å². The summed E-state index contributed by atoms with van der Waals surface area (Å²) in [6.07, 6.45) is -4.68. The van der Waals surface area contributed by atoms with E-state index in [0.717, 1.165) is 27.7 Å². The molecule has 6 nitrogen and oxygen atoms in total. The Bertz CT molecular complexity index is 1550. The minimum absolute atomic E-state index is 0.0416. The molecule has 0 atom stereocenters. The third-order valence-electron chi connectivity index (χ3n) is 5.84. The maximum absolute atomic E-state index is 13.5. The fraction of sp³-hybridized carbons (Fsp3) is 0.120. The zero-order valence-corrected chi connectivity index (χ0v) is 19.7. The normalized spacial score (nSPS) is 13.5. The highest BCUT2D eigenvalue weighted by atomic mass is 35.5. The van der Waals surface area contributed by atoms with Crippen molar-refractivity contribution in [2.75, 3.05) is 6.54 Å². The monoisotopic (exact) mass is 531 g/mol. The van der Waals surface area contributed by atoms with Gasteiger partial charge in [-0.2, -0.15) is 13.2 Å². The lowest BCUT2D eigenvalue weighted by Crippen LogP contribution is -2.32. The van der Waals surface area contributed by atoms with E-state index >= 15 is 0 Å². The van der Waals surface area contributed by atoms with Crippen LogP contribution in [0.15, 0.2) is 60.7 Å². The highest BCUT2D eigenvalue weighted by molar-refractivity contribution is 6.42. The number of hydrogen-bond acceptors (Lipinski definition) is 4. The molecule has 0 radical (unpaired) electrons. The number of aromatic nitrogens is 2. The summed E-state index contributed by atoms with van der Waals surface area (Å²) < 4.78 is 40.9. The Hall–Kier alpha value is -3.69. The van der Waals surface area contributed by atoms with Crippen molar-refractivity contribution < 1.29 is 27.6 Å². The molecule has 1 aromatic heterocycles. The Kier molecular flexibility index (Phi) is 5.84. The van der Waals surface area contributed by atoms with Gasteiger partial charge in [0.15, 0.2) is 0 Å². The van der Waals surface area contributed by atoms with E-state index in [0.29, 0.717) is 0 Å². The number of benzene rings is 3. The maximum Gasteiger partial charge on any atom is 0.416 e. The molecular weight excluding hydrogens is 518 g/mol. The van der Waals surface area contributed by atoms with Crippen molar-refractivity contribution in [1.29, 1.82) is 0 Å². The zero-order chi connectivity index (χ0) is 25.8. The van der Waals surface area contributed by atoms with E-state index in [4.69, 9.17) is 23.2 Å². The lowest BCUT2D eigenvalue weighted by atomic mass is 10.1. The van der Waals surface area contributed by atoms with Gasteiger partial charge in [-0.05, 0) is 42.5 Å². The van der Waals surface area contributed by atoms with Gasteiger partial charge >= 0.3 is 6.18 Å². The minimum Gasteiger partial charge on any atom is -0.274 e. The molecular formula is C25H14Cl2F3N3O3. The van der Waals surface area contributed by atoms with E-state index < -0.39 is 29.5 Å². The second-order valence-corrected chi connectivity index (χ2v) is 8.87. The smallest absolute Gasteiger partial charge is 0.274 e. The number of rotatable bonds is 4. The van der Waals surface area contributed by atoms with E-state index in [2.05, 4.69) is 4.98 Å². The Morgan fingerprint density at radius 1 is 0.889 bits per heavy atom. The molecule has 1 aliphatic heterocycles. The number of carbonyl (C=O) groups is 3. The van der Waals surface area contributed by atoms with Crippen LogP contribution in [-0.4, -0.2) is 38.7 Å². The van der Waals surface area contributed by atoms with Crippen molar-refractivity contribution in [1.82, 2.24) is 14.5 Å². The number of hydrogen-bond donors (Lipinski definition) is 0. The van der Waals surface area contributed by atoms with Gasteiger partial charge < -0.3 is 0 Å². The topological polar surface area (TPSA) is 72.3 Å². The maximum atomic E-state index is 13.5. The van der Waals surface area contributed by atoms with Crippen LogP contribution in [0.5, 0.6) is 0 Å². The molecule has 0 bridgehead atoms. The Morgan fingerprint density at radius 3 is 2.17 bits per heavy atom. The molecule has 36 heavy (non-hydrogen) atoms. The second kappa shape index (κ2) is 8.76. The van der Waals surface area contributed by atoms with E-state index in [1.54, 1.807) is 24.3 Å². The molecule has 2 amide bonds. The van der Waals surface area contributed by atoms with Gasteiger partial charge in [0.25, 0.3) is 17.7 Å². The predicted molar refractivity (Wildman–Crippen MR) is 126 cm³/mol. The van der Waals surface area contributed by atoms with Crippen LogP contribution in [0.1, 0.15) is 42.5 Å². The van der Waals surface area contributed by atoms with Gasteiger partial charge in [0.2, 0.25) is 0 Å². The molecule has 0 aliphatic carbocycles. The summed E-state index contributed by atoms with van der Waals surface area (Å²) in [4.78, 5) is 44.4. The number of halogens is 5. The average Bonchev–Trinajstić information content (AvgIpc) is 3.31. The number of fused-ring (bicyclic) bond motifs is 2. The molecule has 182 valence electrons. The first-order chi connectivity index (χ1) is 17.1. The summed E-state index contributed by atoms with van der Waals surface area (Å²) in [5.41, 5.74) is -0.154. The van der Waals surface area contributed by atoms with E-state index in [-0.39, 0.29) is 56.6 Å². The van der Waals surface area contributed by atoms with Gasteiger partial charge in [0.05, 0.1) is 37.8 Å². The highest BCUT2D eigenvalue weighted by Gasteiger charge is 2.35. The van der Waals surface area contributed by atoms with Gasteiger partial charge in [-0.3, -0.25) is 23.9 Å². The number of nitrogens with zero attached hydrogens (tertiary/aromatic N) is 3. The van der Waals surface area contributed by atoms with Crippen molar-refractivity contribution in [2.24, 2.45) is 0 Å². The Balaban J connectivity index is 1.55. The largest absolute Gasteiger partial charge is 0.416 e. The summed E-state index contributed by atoms with van der Waals surface area (Å²) >= 11 is 12.2. The summed E-state index contributed by atoms with van der Waals surface area (Å²) in [6.45, 7) is -0.104. The van der Waals surface area contributed by atoms with E-state index in [1.165, 1.54) is 18.2 Å². The van der Waals surface area contributed by atoms with Crippen molar-refractivity contribution in [3.63, 3.8) is 0 Å². The molecule has 0 spiro atoms. The Morgan fingerprint density at radius 2 is 1.53 bits per heavy atom. The summed E-state index contributed by atoms with van der Waals surface area (Å²) in [5.74, 6) is -1.61. The molecule has 2 heterocycles. The summed E-state index contributed by atoms with van der Waals surface area (Å²) in [5, 5.41) is 0.293. The van der Waals surface area contributed by atoms with Crippen LogP contribution in [0.25, 0.3) is 11.0 Å². The van der Waals surface area contributed by atoms with Crippen molar-refractivity contribution in [2.45, 2.75) is 12.6 Å². The lowest BCUT2D eigenvalue weighted by Gasteiger charge is -2.15. The van der Waals surface area contributed by atoms with E-state index in [1.807, 2.05) is 0 Å². The molecule has 0 N–H and O–H groups in total. The highest BCUT2D eigenvalue weighted by Crippen LogP contribution is 2.32. The molecule has 11 heteroatoms. The second-order valence-electron chi connectivity index (χ2n) is 8.06. The predicted octanol–water partition coefficient (Wildman–Crippen LogP) is 5.89. The average molecular weight is 532 g/mol. The van der Waals surface area contributed by atoms with Gasteiger partial charge in [-0.25, -0.2) is 4.98 Å². The number of alkyl halides is 3. The quantitative estimate of drug-likeness (QED) is 0.308. The SMILES string of the molecule is O=C1c2ccccc2C(=O)N1CCc1nc2cc(Cl)c(Cl)cc2n1C(=O)c1cccc(C(F)(F)F)c1. The van der Waals surface area contributed by atoms with Gasteiger partial charge in [-0.15, -0.1) is 0 Å². The lowest BCUT2D eigenvalue weighted by molar-refractivity contribution is -0.137. The first kappa shape index (κ1) is 24.0. The molecule has 5 rings (SSSR count). The van der Waals surface area contributed by atoms with Crippen molar-refractivity contribution >= 4 is 52.0 Å². The molecule has 4 aromatic rings. The van der Waals surface area contributed by atoms with Crippen LogP contribution >= 0.6 is 23.2 Å². The van der Waals surface area contributed by atoms with Crippen LogP contribution in [0.2, 0.25) is 10.0 Å². The van der Waals surface area contributed by atoms with Crippen LogP contribution in [0.3, 0.4) is 0 Å². The number of imide groups is 1. The summed E-state index contributed by atoms with van der Waals surface area (Å²) in [7, 11) is 0. The zero-order valence-electron chi connectivity index (χ0n) is 18.1. The standard InChI is InChI=1S/C25H14Cl2F3N3O3/c26-17-11-19-20(12-18(17)27)33(22(34)13-4-3-5-14(10-13)25(28,29)30)21(31-19)8-9-32-23(35)15-6-1-2-7-16(15)24(32)36/h1-7,10-12H,8-9H2. The number of carbonyl (C=O) groups excluding carboxylic acids is 3. The number of imidazole rings is 1. The fourth-order valence-corrected chi connectivity index (χ4v) is 4.44. The first-order valence-electron chi connectivity index (χ1n) is 10.6. The molecule has 0 saturated heterocycles. The van der Waals surface area contributed by atoms with Gasteiger partial charge in [0, 0.05) is 18.5 Å². The number of amides is 2.